The predicted octanol–water partition coefficient (Wildman–Crippen LogP) is 4.51. The summed E-state index contributed by atoms with van der Waals surface area (Å²) in [4.78, 5) is 0. The first kappa shape index (κ1) is 14.6. The quantitative estimate of drug-likeness (QED) is 0.818. The van der Waals surface area contributed by atoms with Crippen molar-refractivity contribution in [3.63, 3.8) is 0 Å². The van der Waals surface area contributed by atoms with Crippen molar-refractivity contribution >= 4 is 31.9 Å². The molecule has 0 bridgehead atoms. The molecule has 2 aromatic rings. The summed E-state index contributed by atoms with van der Waals surface area (Å²) in [6.45, 7) is 1.42. The van der Waals surface area contributed by atoms with E-state index in [4.69, 9.17) is 4.74 Å². The van der Waals surface area contributed by atoms with Crippen LogP contribution in [0.3, 0.4) is 0 Å². The zero-order chi connectivity index (χ0) is 13.7. The minimum absolute atomic E-state index is 0.552. The zero-order valence-electron chi connectivity index (χ0n) is 10.6. The molecule has 0 aliphatic carbocycles. The largest absolute Gasteiger partial charge is 0.489 e. The van der Waals surface area contributed by atoms with Crippen molar-refractivity contribution in [2.24, 2.45) is 0 Å². The van der Waals surface area contributed by atoms with Crippen LogP contribution in [0.25, 0.3) is 0 Å². The molecule has 0 spiro atoms. The smallest absolute Gasteiger partial charge is 0.120 e. The van der Waals surface area contributed by atoms with E-state index in [2.05, 4.69) is 55.4 Å². The summed E-state index contributed by atoms with van der Waals surface area (Å²) in [6.07, 6.45) is 0. The Balaban J connectivity index is 2.03. The minimum atomic E-state index is 0.552. The maximum atomic E-state index is 5.78. The van der Waals surface area contributed by atoms with Crippen LogP contribution >= 0.6 is 31.9 Å². The van der Waals surface area contributed by atoms with Crippen molar-refractivity contribution in [2.45, 2.75) is 13.2 Å². The molecule has 0 saturated carbocycles. The van der Waals surface area contributed by atoms with Gasteiger partial charge in [-0.25, -0.2) is 0 Å². The fourth-order valence-electron chi connectivity index (χ4n) is 1.74. The van der Waals surface area contributed by atoms with E-state index in [9.17, 15) is 0 Å². The average molecular weight is 385 g/mol. The lowest BCUT2D eigenvalue weighted by atomic mass is 10.1. The molecule has 0 aliphatic heterocycles. The van der Waals surface area contributed by atoms with Gasteiger partial charge < -0.3 is 10.1 Å². The molecule has 0 unspecified atom stereocenters. The molecule has 19 heavy (non-hydrogen) atoms. The molecule has 2 nitrogen and oxygen atoms in total. The first-order chi connectivity index (χ1) is 9.19. The van der Waals surface area contributed by atoms with Crippen molar-refractivity contribution in [2.75, 3.05) is 7.05 Å². The molecule has 0 aromatic heterocycles. The number of rotatable bonds is 5. The lowest BCUT2D eigenvalue weighted by Crippen LogP contribution is -2.05. The van der Waals surface area contributed by atoms with Gasteiger partial charge in [-0.3, -0.25) is 0 Å². The predicted molar refractivity (Wildman–Crippen MR) is 85.4 cm³/mol. The fourth-order valence-corrected chi connectivity index (χ4v) is 2.66. The molecule has 0 fully saturated rings. The number of hydrogen-bond acceptors (Lipinski definition) is 2. The second-order valence-corrected chi connectivity index (χ2v) is 5.97. The SMILES string of the molecule is CNCc1ccc(COc2cccc(Br)c2)c(Br)c1. The van der Waals surface area contributed by atoms with Crippen LogP contribution in [-0.2, 0) is 13.2 Å². The first-order valence-corrected chi connectivity index (χ1v) is 7.58. The molecular formula is C15H15Br2NO. The maximum absolute atomic E-state index is 5.78. The monoisotopic (exact) mass is 383 g/mol. The van der Waals surface area contributed by atoms with Crippen LogP contribution in [0.4, 0.5) is 0 Å². The Morgan fingerprint density at radius 3 is 2.63 bits per heavy atom. The molecule has 0 amide bonds. The lowest BCUT2D eigenvalue weighted by molar-refractivity contribution is 0.305. The van der Waals surface area contributed by atoms with Gasteiger partial charge in [0.25, 0.3) is 0 Å². The van der Waals surface area contributed by atoms with Gasteiger partial charge in [0.2, 0.25) is 0 Å². The van der Waals surface area contributed by atoms with E-state index in [1.165, 1.54) is 5.56 Å². The van der Waals surface area contributed by atoms with E-state index in [0.717, 1.165) is 26.8 Å². The zero-order valence-corrected chi connectivity index (χ0v) is 13.8. The molecule has 2 aromatic carbocycles. The second kappa shape index (κ2) is 7.08. The molecule has 0 aliphatic rings. The Labute approximate surface area is 130 Å². The molecule has 100 valence electrons. The first-order valence-electron chi connectivity index (χ1n) is 5.99. The summed E-state index contributed by atoms with van der Waals surface area (Å²) in [5.41, 5.74) is 2.39. The highest BCUT2D eigenvalue weighted by molar-refractivity contribution is 9.10. The summed E-state index contributed by atoms with van der Waals surface area (Å²) in [5, 5.41) is 3.14. The van der Waals surface area contributed by atoms with Gasteiger partial charge in [0.05, 0.1) is 0 Å². The molecule has 2 rings (SSSR count). The van der Waals surface area contributed by atoms with E-state index in [0.29, 0.717) is 6.61 Å². The van der Waals surface area contributed by atoms with Crippen LogP contribution in [0.5, 0.6) is 5.75 Å². The van der Waals surface area contributed by atoms with Crippen molar-refractivity contribution < 1.29 is 4.74 Å². The summed E-state index contributed by atoms with van der Waals surface area (Å²) >= 11 is 7.02. The highest BCUT2D eigenvalue weighted by Gasteiger charge is 2.03. The van der Waals surface area contributed by atoms with E-state index in [-0.39, 0.29) is 0 Å². The number of benzene rings is 2. The molecule has 0 heterocycles. The number of nitrogens with one attached hydrogen (secondary N) is 1. The normalized spacial score (nSPS) is 10.5. The second-order valence-electron chi connectivity index (χ2n) is 4.20. The van der Waals surface area contributed by atoms with Crippen LogP contribution in [0.15, 0.2) is 51.4 Å². The third-order valence-electron chi connectivity index (χ3n) is 2.69. The topological polar surface area (TPSA) is 21.3 Å². The molecule has 4 heteroatoms. The van der Waals surface area contributed by atoms with Crippen LogP contribution in [0, 0.1) is 0 Å². The van der Waals surface area contributed by atoms with Crippen molar-refractivity contribution in [1.29, 1.82) is 0 Å². The van der Waals surface area contributed by atoms with Gasteiger partial charge >= 0.3 is 0 Å². The Morgan fingerprint density at radius 1 is 1.11 bits per heavy atom. The highest BCUT2D eigenvalue weighted by Crippen LogP contribution is 2.22. The Bertz CT molecular complexity index is 558. The minimum Gasteiger partial charge on any atom is -0.489 e. The van der Waals surface area contributed by atoms with E-state index >= 15 is 0 Å². The van der Waals surface area contributed by atoms with Crippen molar-refractivity contribution in [3.8, 4) is 5.75 Å². The van der Waals surface area contributed by atoms with Gasteiger partial charge in [0.1, 0.15) is 12.4 Å². The van der Waals surface area contributed by atoms with Crippen molar-refractivity contribution in [1.82, 2.24) is 5.32 Å². The summed E-state index contributed by atoms with van der Waals surface area (Å²) in [7, 11) is 1.94. The lowest BCUT2D eigenvalue weighted by Gasteiger charge is -2.10. The third-order valence-corrected chi connectivity index (χ3v) is 3.92. The van der Waals surface area contributed by atoms with Gasteiger partial charge in [0.15, 0.2) is 0 Å². The molecule has 0 saturated heterocycles. The van der Waals surface area contributed by atoms with Crippen molar-refractivity contribution in [3.05, 3.63) is 62.5 Å². The van der Waals surface area contributed by atoms with Crippen LogP contribution in [0.2, 0.25) is 0 Å². The Kier molecular flexibility index (Phi) is 5.43. The average Bonchev–Trinajstić information content (AvgIpc) is 2.38. The Hall–Kier alpha value is -0.840. The fraction of sp³-hybridized carbons (Fsp3) is 0.200. The maximum Gasteiger partial charge on any atom is 0.120 e. The van der Waals surface area contributed by atoms with Gasteiger partial charge in [-0.05, 0) is 36.9 Å². The van der Waals surface area contributed by atoms with E-state index in [1.807, 2.05) is 31.3 Å². The van der Waals surface area contributed by atoms with Crippen LogP contribution in [0.1, 0.15) is 11.1 Å². The van der Waals surface area contributed by atoms with Crippen LogP contribution in [-0.4, -0.2) is 7.05 Å². The summed E-state index contributed by atoms with van der Waals surface area (Å²) in [6, 6.07) is 14.2. The third kappa shape index (κ3) is 4.34. The van der Waals surface area contributed by atoms with Crippen LogP contribution < -0.4 is 10.1 Å². The summed E-state index contributed by atoms with van der Waals surface area (Å²) < 4.78 is 7.88. The standard InChI is InChI=1S/C15H15Br2NO/c1-18-9-11-5-6-12(15(17)7-11)10-19-14-4-2-3-13(16)8-14/h2-8,18H,9-10H2,1H3. The molecule has 0 radical (unpaired) electrons. The van der Waals surface area contributed by atoms with E-state index < -0.39 is 0 Å². The number of hydrogen-bond donors (Lipinski definition) is 1. The van der Waals surface area contributed by atoms with Gasteiger partial charge in [-0.2, -0.15) is 0 Å². The number of halogens is 2. The molecular weight excluding hydrogens is 370 g/mol. The molecule has 1 N–H and O–H groups in total. The van der Waals surface area contributed by atoms with Gasteiger partial charge in [0, 0.05) is 21.1 Å². The van der Waals surface area contributed by atoms with Gasteiger partial charge in [-0.1, -0.05) is 50.1 Å². The Morgan fingerprint density at radius 2 is 1.95 bits per heavy atom. The van der Waals surface area contributed by atoms with Gasteiger partial charge in [-0.15, -0.1) is 0 Å². The summed E-state index contributed by atoms with van der Waals surface area (Å²) in [5.74, 6) is 0.862. The number of ether oxygens (including phenoxy) is 1. The van der Waals surface area contributed by atoms with E-state index in [1.54, 1.807) is 0 Å². The molecule has 0 atom stereocenters. The highest BCUT2D eigenvalue weighted by atomic mass is 79.9.